The van der Waals surface area contributed by atoms with Crippen molar-refractivity contribution in [3.8, 4) is 0 Å². The highest BCUT2D eigenvalue weighted by Crippen LogP contribution is 2.53. The van der Waals surface area contributed by atoms with Crippen LogP contribution in [0.25, 0.3) is 21.5 Å². The first-order valence-electron chi connectivity index (χ1n) is 23.9. The van der Waals surface area contributed by atoms with Gasteiger partial charge in [0.2, 0.25) is 5.69 Å². The van der Waals surface area contributed by atoms with Gasteiger partial charge < -0.3 is 33.8 Å². The molecule has 0 spiro atoms. The molecule has 0 amide bonds. The molecule has 2 aliphatic heterocycles. The fourth-order valence-corrected chi connectivity index (χ4v) is 10.8. The van der Waals surface area contributed by atoms with Gasteiger partial charge in [0.15, 0.2) is 11.5 Å². The summed E-state index contributed by atoms with van der Waals surface area (Å²) < 4.78 is 2.54. The second-order valence-corrected chi connectivity index (χ2v) is 19.1. The normalized spacial score (nSPS) is 17.3. The van der Waals surface area contributed by atoms with Crippen molar-refractivity contribution in [3.05, 3.63) is 179 Å². The second kappa shape index (κ2) is 19.6. The van der Waals surface area contributed by atoms with Gasteiger partial charge in [-0.15, -0.1) is 0 Å². The number of hydrogen-bond donors (Lipinski definition) is 0. The van der Waals surface area contributed by atoms with E-state index in [1.807, 2.05) is 24.5 Å². The molecule has 65 heavy (non-hydrogen) atoms. The summed E-state index contributed by atoms with van der Waals surface area (Å²) in [6.45, 7) is 16.8. The zero-order valence-corrected chi connectivity index (χ0v) is 41.4. The molecule has 0 fully saturated rings. The molecule has 6 nitrogen and oxygen atoms in total. The molecule has 1 aliphatic carbocycles. The Labute approximate surface area is 403 Å². The van der Waals surface area contributed by atoms with Gasteiger partial charge in [0.05, 0.1) is 41.2 Å². The van der Waals surface area contributed by atoms with Gasteiger partial charge in [0, 0.05) is 65.4 Å². The number of anilines is 1. The molecular weight excluding hydrogens is 910 g/mol. The molecule has 0 saturated carbocycles. The first-order chi connectivity index (χ1) is 31.1. The number of Topliss-reactive ketones (excluding diaryl/α,β-unsaturated/α-hetero) is 1. The monoisotopic (exact) mass is 973 g/mol. The summed E-state index contributed by atoms with van der Waals surface area (Å²) in [4.78, 5) is 30.0. The molecule has 3 aliphatic rings. The molecule has 0 N–H and O–H groups in total. The Balaban J connectivity index is 0.00000576. The van der Waals surface area contributed by atoms with Crippen LogP contribution in [0.15, 0.2) is 156 Å². The first-order valence-corrected chi connectivity index (χ1v) is 23.9. The van der Waals surface area contributed by atoms with E-state index in [4.69, 9.17) is 9.97 Å². The highest BCUT2D eigenvalue weighted by atomic mass is 127. The molecule has 0 radical (unpaired) electrons. The molecule has 0 bridgehead atoms. The lowest BCUT2D eigenvalue weighted by molar-refractivity contribution is -0.438. The predicted molar refractivity (Wildman–Crippen MR) is 265 cm³/mol. The third-order valence-electron chi connectivity index (χ3n) is 14.0. The maximum atomic E-state index is 15.5. The minimum absolute atomic E-state index is 0. The topological polar surface area (TPSA) is 52.3 Å². The van der Waals surface area contributed by atoms with Crippen molar-refractivity contribution in [2.75, 3.05) is 18.0 Å². The van der Waals surface area contributed by atoms with Crippen LogP contribution in [0.2, 0.25) is 0 Å². The number of carbonyl (C=O) groups is 1. The van der Waals surface area contributed by atoms with Crippen LogP contribution in [0.4, 0.5) is 11.4 Å². The van der Waals surface area contributed by atoms with Gasteiger partial charge in [-0.25, -0.2) is 0 Å². The number of allylic oxidation sites excluding steroid dienone is 5. The van der Waals surface area contributed by atoms with E-state index in [0.29, 0.717) is 13.1 Å². The molecule has 7 heteroatoms. The highest BCUT2D eigenvalue weighted by molar-refractivity contribution is 6.25. The summed E-state index contributed by atoms with van der Waals surface area (Å²) in [5.74, 6) is 0.0899. The predicted octanol–water partition coefficient (Wildman–Crippen LogP) is 10.5. The summed E-state index contributed by atoms with van der Waals surface area (Å²) in [5.41, 5.74) is 11.2. The average Bonchev–Trinajstić information content (AvgIpc) is 3.66. The van der Waals surface area contributed by atoms with Crippen LogP contribution in [-0.2, 0) is 28.7 Å². The summed E-state index contributed by atoms with van der Waals surface area (Å²) >= 11 is 0. The van der Waals surface area contributed by atoms with Gasteiger partial charge in [-0.2, -0.15) is 4.58 Å². The molecule has 2 aromatic heterocycles. The number of benzene rings is 4. The number of rotatable bonds is 17. The standard InChI is InChI=1S/C58H64N5O.HI/c1-7-9-11-21-35-62-49-31-29-41-23-13-15-27-45(41)53(49)57(3,4)51(62)37-47-55(61(39-43-25-17-19-33-59-43)40-44-26-18-20-34-60-44)48(56(47)64)38-52-58(5,6)54-46-28-16-14-24-42(46)30-32-50(54)63(52)36-22-12-10-8-2;/h13-20,23-34,37-38H,7-12,21-22,35-36,39-40H2,1-6H3;1H/q+1;/p-1. The van der Waals surface area contributed by atoms with E-state index in [1.54, 1.807) is 0 Å². The Morgan fingerprint density at radius 1 is 0.631 bits per heavy atom. The zero-order chi connectivity index (χ0) is 44.4. The molecule has 4 aromatic carbocycles. The van der Waals surface area contributed by atoms with Crippen LogP contribution < -0.4 is 28.9 Å². The number of carbonyl (C=O) groups excluding carboxylic acids is 1. The molecule has 0 unspecified atom stereocenters. The Hall–Kier alpha value is -5.41. The van der Waals surface area contributed by atoms with Crippen molar-refractivity contribution in [2.24, 2.45) is 0 Å². The number of hydrogen-bond acceptors (Lipinski definition) is 5. The fraction of sp³-hybridized carbons (Fsp3) is 0.345. The lowest BCUT2D eigenvalue weighted by Crippen LogP contribution is -3.00. The third kappa shape index (κ3) is 8.73. The average molecular weight is 974 g/mol. The van der Waals surface area contributed by atoms with E-state index >= 15 is 4.79 Å². The van der Waals surface area contributed by atoms with Crippen molar-refractivity contribution >= 4 is 44.4 Å². The van der Waals surface area contributed by atoms with E-state index in [2.05, 4.69) is 165 Å². The molecule has 9 rings (SSSR count). The lowest BCUT2D eigenvalue weighted by Gasteiger charge is -2.36. The van der Waals surface area contributed by atoms with Crippen LogP contribution in [0.3, 0.4) is 0 Å². The van der Waals surface area contributed by atoms with Gasteiger partial charge in [0.1, 0.15) is 6.54 Å². The second-order valence-electron chi connectivity index (χ2n) is 19.1. The van der Waals surface area contributed by atoms with Crippen LogP contribution in [0.1, 0.15) is 115 Å². The van der Waals surface area contributed by atoms with Crippen molar-refractivity contribution < 1.29 is 33.3 Å². The minimum atomic E-state index is -0.355. The van der Waals surface area contributed by atoms with Gasteiger partial charge in [-0.05, 0) is 96.3 Å². The fourth-order valence-electron chi connectivity index (χ4n) is 10.8. The van der Waals surface area contributed by atoms with Crippen LogP contribution in [0, 0.1) is 0 Å². The Kier molecular flexibility index (Phi) is 13.9. The number of nitrogens with zero attached hydrogens (tertiary/aromatic N) is 5. The van der Waals surface area contributed by atoms with Crippen molar-refractivity contribution in [1.82, 2.24) is 14.9 Å². The van der Waals surface area contributed by atoms with Gasteiger partial charge in [-0.3, -0.25) is 14.8 Å². The van der Waals surface area contributed by atoms with E-state index in [1.165, 1.54) is 94.0 Å². The van der Waals surface area contributed by atoms with Crippen LogP contribution in [0.5, 0.6) is 0 Å². The molecular formula is C58H64IN5O. The Bertz CT molecular complexity index is 2790. The Morgan fingerprint density at radius 3 is 1.83 bits per heavy atom. The number of halogens is 1. The lowest BCUT2D eigenvalue weighted by atomic mass is 9.75. The number of pyridine rings is 2. The maximum Gasteiger partial charge on any atom is 0.210 e. The van der Waals surface area contributed by atoms with E-state index in [0.717, 1.165) is 54.2 Å². The quantitative estimate of drug-likeness (QED) is 0.0395. The Morgan fingerprint density at radius 2 is 1.22 bits per heavy atom. The number of fused-ring (bicyclic) bond motifs is 6. The summed E-state index contributed by atoms with van der Waals surface area (Å²) in [6, 6.07) is 38.9. The summed E-state index contributed by atoms with van der Waals surface area (Å²) in [6.07, 6.45) is 17.6. The van der Waals surface area contributed by atoms with Crippen molar-refractivity contribution in [1.29, 1.82) is 0 Å². The molecule has 4 heterocycles. The molecule has 6 aromatic rings. The number of unbranched alkanes of at least 4 members (excludes halogenated alkanes) is 6. The van der Waals surface area contributed by atoms with E-state index in [-0.39, 0.29) is 40.6 Å². The first kappa shape index (κ1) is 46.1. The van der Waals surface area contributed by atoms with Gasteiger partial charge in [-0.1, -0.05) is 127 Å². The largest absolute Gasteiger partial charge is 1.00 e. The summed E-state index contributed by atoms with van der Waals surface area (Å²) in [7, 11) is 0. The van der Waals surface area contributed by atoms with Crippen LogP contribution >= 0.6 is 0 Å². The van der Waals surface area contributed by atoms with Gasteiger partial charge >= 0.3 is 0 Å². The highest BCUT2D eigenvalue weighted by Gasteiger charge is 2.49. The minimum Gasteiger partial charge on any atom is -1.00 e. The van der Waals surface area contributed by atoms with Gasteiger partial charge in [0.25, 0.3) is 0 Å². The smallest absolute Gasteiger partial charge is 0.210 e. The third-order valence-corrected chi connectivity index (χ3v) is 14.0. The summed E-state index contributed by atoms with van der Waals surface area (Å²) in [5, 5.41) is 5.04. The SMILES string of the molecule is CCCCCCN1/C(=C/C2=C(N(Cc3ccccn3)Cc3ccccn3)C(=C/C3=[N+](CCCCCC)c4ccc5ccccc5c4C3(C)C)/C2=O)C(C)(C)c2c1ccc1ccccc21.[I-]. The van der Waals surface area contributed by atoms with Crippen molar-refractivity contribution in [2.45, 2.75) is 117 Å². The zero-order valence-electron chi connectivity index (χ0n) is 39.2. The van der Waals surface area contributed by atoms with Crippen LogP contribution in [-0.4, -0.2) is 44.0 Å². The number of aromatic nitrogens is 2. The maximum absolute atomic E-state index is 15.5. The molecule has 0 saturated heterocycles. The van der Waals surface area contributed by atoms with E-state index in [9.17, 15) is 0 Å². The number of ketones is 1. The molecule has 0 atom stereocenters. The van der Waals surface area contributed by atoms with E-state index < -0.39 is 0 Å². The van der Waals surface area contributed by atoms with Crippen molar-refractivity contribution in [3.63, 3.8) is 0 Å². The molecule has 334 valence electrons.